The zero-order valence-electron chi connectivity index (χ0n) is 12.0. The summed E-state index contributed by atoms with van der Waals surface area (Å²) in [5, 5.41) is 1.98. The highest BCUT2D eigenvalue weighted by atomic mass is 19.2. The molecule has 0 radical (unpaired) electrons. The molecule has 0 atom stereocenters. The van der Waals surface area contributed by atoms with Gasteiger partial charge in [-0.15, -0.1) is 0 Å². The SMILES string of the molecule is CCN1CCN(C(=O)C(=O)Nc2ccc(F)c(F)c2F)CC1. The summed E-state index contributed by atoms with van der Waals surface area (Å²) in [5.41, 5.74) is -0.565. The summed E-state index contributed by atoms with van der Waals surface area (Å²) in [4.78, 5) is 27.2. The lowest BCUT2D eigenvalue weighted by molar-refractivity contribution is -0.144. The highest BCUT2D eigenvalue weighted by Crippen LogP contribution is 2.19. The molecule has 5 nitrogen and oxygen atoms in total. The quantitative estimate of drug-likeness (QED) is 0.659. The molecular weight excluding hydrogens is 299 g/mol. The van der Waals surface area contributed by atoms with Gasteiger partial charge < -0.3 is 15.1 Å². The topological polar surface area (TPSA) is 52.7 Å². The molecule has 2 rings (SSSR count). The van der Waals surface area contributed by atoms with Crippen molar-refractivity contribution in [1.29, 1.82) is 0 Å². The molecule has 120 valence electrons. The first-order valence-electron chi connectivity index (χ1n) is 6.90. The fraction of sp³-hybridized carbons (Fsp3) is 0.429. The van der Waals surface area contributed by atoms with Crippen LogP contribution >= 0.6 is 0 Å². The second-order valence-electron chi connectivity index (χ2n) is 4.90. The van der Waals surface area contributed by atoms with Crippen LogP contribution < -0.4 is 5.32 Å². The van der Waals surface area contributed by atoms with Crippen molar-refractivity contribution in [3.63, 3.8) is 0 Å². The van der Waals surface area contributed by atoms with Gasteiger partial charge in [0.2, 0.25) is 0 Å². The highest BCUT2D eigenvalue weighted by molar-refractivity contribution is 6.39. The summed E-state index contributed by atoms with van der Waals surface area (Å²) >= 11 is 0. The van der Waals surface area contributed by atoms with E-state index in [0.29, 0.717) is 32.2 Å². The number of halogens is 3. The molecule has 1 aliphatic rings. The van der Waals surface area contributed by atoms with Crippen molar-refractivity contribution in [1.82, 2.24) is 9.80 Å². The van der Waals surface area contributed by atoms with Crippen molar-refractivity contribution in [2.24, 2.45) is 0 Å². The Kier molecular flexibility index (Phi) is 5.02. The fourth-order valence-electron chi connectivity index (χ4n) is 2.21. The number of rotatable bonds is 2. The van der Waals surface area contributed by atoms with E-state index >= 15 is 0 Å². The average molecular weight is 315 g/mol. The van der Waals surface area contributed by atoms with E-state index in [0.717, 1.165) is 12.6 Å². The Hall–Kier alpha value is -2.09. The molecule has 0 aliphatic carbocycles. The van der Waals surface area contributed by atoms with Gasteiger partial charge in [0, 0.05) is 26.2 Å². The van der Waals surface area contributed by atoms with Crippen molar-refractivity contribution in [3.8, 4) is 0 Å². The number of benzene rings is 1. The number of carbonyl (C=O) groups is 2. The largest absolute Gasteiger partial charge is 0.332 e. The Labute approximate surface area is 125 Å². The Bertz CT molecular complexity index is 587. The Balaban J connectivity index is 2.01. The van der Waals surface area contributed by atoms with Crippen LogP contribution in [0.5, 0.6) is 0 Å². The normalized spacial score (nSPS) is 15.7. The molecule has 1 aromatic rings. The summed E-state index contributed by atoms with van der Waals surface area (Å²) in [6.07, 6.45) is 0. The summed E-state index contributed by atoms with van der Waals surface area (Å²) in [5.74, 6) is -6.48. The van der Waals surface area contributed by atoms with E-state index in [1.807, 2.05) is 12.2 Å². The standard InChI is InChI=1S/C14H16F3N3O2/c1-2-19-5-7-20(8-6-19)14(22)13(21)18-10-4-3-9(15)11(16)12(10)17/h3-4H,2,5-8H2,1H3,(H,18,21). The highest BCUT2D eigenvalue weighted by Gasteiger charge is 2.26. The number of amides is 2. The molecule has 0 bridgehead atoms. The predicted octanol–water partition coefficient (Wildman–Crippen LogP) is 1.21. The average Bonchev–Trinajstić information content (AvgIpc) is 2.54. The first-order valence-corrected chi connectivity index (χ1v) is 6.90. The molecule has 1 aromatic carbocycles. The van der Waals surface area contributed by atoms with Gasteiger partial charge >= 0.3 is 11.8 Å². The number of anilines is 1. The number of hydrogen-bond donors (Lipinski definition) is 1. The molecule has 1 heterocycles. The second kappa shape index (κ2) is 6.78. The Morgan fingerprint density at radius 1 is 1.09 bits per heavy atom. The molecule has 2 amide bonds. The minimum atomic E-state index is -1.69. The lowest BCUT2D eigenvalue weighted by atomic mass is 10.2. The van der Waals surface area contributed by atoms with Gasteiger partial charge in [0.05, 0.1) is 5.69 Å². The third kappa shape index (κ3) is 3.38. The zero-order valence-corrected chi connectivity index (χ0v) is 12.0. The first kappa shape index (κ1) is 16.3. The zero-order chi connectivity index (χ0) is 16.3. The number of carbonyl (C=O) groups excluding carboxylic acids is 2. The Morgan fingerprint density at radius 3 is 2.32 bits per heavy atom. The van der Waals surface area contributed by atoms with Crippen LogP contribution in [-0.2, 0) is 9.59 Å². The van der Waals surface area contributed by atoms with Crippen LogP contribution in [0.3, 0.4) is 0 Å². The summed E-state index contributed by atoms with van der Waals surface area (Å²) in [6.45, 7) is 4.93. The molecule has 1 saturated heterocycles. The fourth-order valence-corrected chi connectivity index (χ4v) is 2.21. The molecule has 0 saturated carbocycles. The molecule has 0 aromatic heterocycles. The molecular formula is C14H16F3N3O2. The van der Waals surface area contributed by atoms with Crippen LogP contribution in [-0.4, -0.2) is 54.3 Å². The van der Waals surface area contributed by atoms with Crippen LogP contribution in [0.4, 0.5) is 18.9 Å². The van der Waals surface area contributed by atoms with E-state index in [2.05, 4.69) is 4.90 Å². The monoisotopic (exact) mass is 315 g/mol. The Morgan fingerprint density at radius 2 is 1.73 bits per heavy atom. The maximum atomic E-state index is 13.5. The van der Waals surface area contributed by atoms with Crippen LogP contribution in [0.2, 0.25) is 0 Å². The van der Waals surface area contributed by atoms with Crippen LogP contribution in [0, 0.1) is 17.5 Å². The third-order valence-electron chi connectivity index (χ3n) is 3.58. The number of likely N-dealkylation sites (N-methyl/N-ethyl adjacent to an activating group) is 1. The van der Waals surface area contributed by atoms with Gasteiger partial charge in [-0.1, -0.05) is 6.92 Å². The minimum Gasteiger partial charge on any atom is -0.332 e. The molecule has 0 spiro atoms. The van der Waals surface area contributed by atoms with Crippen molar-refractivity contribution in [2.75, 3.05) is 38.0 Å². The molecule has 1 fully saturated rings. The van der Waals surface area contributed by atoms with E-state index < -0.39 is 35.0 Å². The smallest absolute Gasteiger partial charge is 0.313 e. The predicted molar refractivity (Wildman–Crippen MR) is 73.6 cm³/mol. The van der Waals surface area contributed by atoms with Gasteiger partial charge in [-0.05, 0) is 18.7 Å². The van der Waals surface area contributed by atoms with E-state index in [-0.39, 0.29) is 0 Å². The van der Waals surface area contributed by atoms with Crippen molar-refractivity contribution in [3.05, 3.63) is 29.6 Å². The number of piperazine rings is 1. The first-order chi connectivity index (χ1) is 10.4. The number of hydrogen-bond acceptors (Lipinski definition) is 3. The lowest BCUT2D eigenvalue weighted by Gasteiger charge is -2.33. The molecule has 0 unspecified atom stereocenters. The van der Waals surface area contributed by atoms with Crippen molar-refractivity contribution >= 4 is 17.5 Å². The second-order valence-corrected chi connectivity index (χ2v) is 4.90. The van der Waals surface area contributed by atoms with Crippen LogP contribution in [0.1, 0.15) is 6.92 Å². The summed E-state index contributed by atoms with van der Waals surface area (Å²) in [6, 6.07) is 1.55. The van der Waals surface area contributed by atoms with E-state index in [1.54, 1.807) is 0 Å². The van der Waals surface area contributed by atoms with E-state index in [1.165, 1.54) is 4.90 Å². The summed E-state index contributed by atoms with van der Waals surface area (Å²) < 4.78 is 39.4. The molecule has 22 heavy (non-hydrogen) atoms. The minimum absolute atomic E-state index is 0.389. The maximum absolute atomic E-state index is 13.5. The van der Waals surface area contributed by atoms with Crippen molar-refractivity contribution in [2.45, 2.75) is 6.92 Å². The molecule has 1 N–H and O–H groups in total. The van der Waals surface area contributed by atoms with Gasteiger partial charge in [0.1, 0.15) is 0 Å². The summed E-state index contributed by atoms with van der Waals surface area (Å²) in [7, 11) is 0. The molecule has 8 heteroatoms. The molecule has 1 aliphatic heterocycles. The van der Waals surface area contributed by atoms with Gasteiger partial charge in [0.25, 0.3) is 0 Å². The third-order valence-corrected chi connectivity index (χ3v) is 3.58. The van der Waals surface area contributed by atoms with Gasteiger partial charge in [0.15, 0.2) is 17.5 Å². The van der Waals surface area contributed by atoms with Crippen LogP contribution in [0.25, 0.3) is 0 Å². The van der Waals surface area contributed by atoms with Gasteiger partial charge in [-0.2, -0.15) is 0 Å². The van der Waals surface area contributed by atoms with Gasteiger partial charge in [-0.3, -0.25) is 9.59 Å². The van der Waals surface area contributed by atoms with Crippen LogP contribution in [0.15, 0.2) is 12.1 Å². The van der Waals surface area contributed by atoms with E-state index in [9.17, 15) is 22.8 Å². The number of nitrogens with zero attached hydrogens (tertiary/aromatic N) is 2. The van der Waals surface area contributed by atoms with E-state index in [4.69, 9.17) is 0 Å². The van der Waals surface area contributed by atoms with Crippen molar-refractivity contribution < 1.29 is 22.8 Å². The number of nitrogens with one attached hydrogen (secondary N) is 1. The lowest BCUT2D eigenvalue weighted by Crippen LogP contribution is -2.51. The maximum Gasteiger partial charge on any atom is 0.313 e. The van der Waals surface area contributed by atoms with Gasteiger partial charge in [-0.25, -0.2) is 13.2 Å².